The summed E-state index contributed by atoms with van der Waals surface area (Å²) in [6.07, 6.45) is 2.19. The van der Waals surface area contributed by atoms with Crippen LogP contribution in [0.2, 0.25) is 0 Å². The normalized spacial score (nSPS) is 14.9. The third-order valence-electron chi connectivity index (χ3n) is 1.40. The summed E-state index contributed by atoms with van der Waals surface area (Å²) in [6, 6.07) is 0. The molecule has 0 heterocycles. The molecule has 0 bridgehead atoms. The number of alkyl halides is 1. The molecule has 0 N–H and O–H groups in total. The summed E-state index contributed by atoms with van der Waals surface area (Å²) in [6.45, 7) is 6.08. The minimum Gasteiger partial charge on any atom is -0.259 e. The SMILES string of the molecule is CC(C)(C)S(=O)CCCCBr. The average Bonchev–Trinajstić information content (AvgIpc) is 1.86. The van der Waals surface area contributed by atoms with Gasteiger partial charge in [-0.05, 0) is 33.6 Å². The van der Waals surface area contributed by atoms with Gasteiger partial charge in [0.15, 0.2) is 0 Å². The minimum atomic E-state index is -0.660. The highest BCUT2D eigenvalue weighted by molar-refractivity contribution is 9.09. The predicted molar refractivity (Wildman–Crippen MR) is 55.8 cm³/mol. The van der Waals surface area contributed by atoms with Crippen molar-refractivity contribution in [3.05, 3.63) is 0 Å². The number of unbranched alkanes of at least 4 members (excludes halogenated alkanes) is 1. The maximum atomic E-state index is 11.4. The lowest BCUT2D eigenvalue weighted by molar-refractivity contribution is 0.645. The standard InChI is InChI=1S/C8H17BrOS/c1-8(2,3)11(10)7-5-4-6-9/h4-7H2,1-3H3. The Labute approximate surface area is 80.5 Å². The monoisotopic (exact) mass is 240 g/mol. The van der Waals surface area contributed by atoms with Gasteiger partial charge in [0.25, 0.3) is 0 Å². The van der Waals surface area contributed by atoms with E-state index in [1.54, 1.807) is 0 Å². The summed E-state index contributed by atoms with van der Waals surface area (Å²) in [5.74, 6) is 0.842. The second-order valence-electron chi connectivity index (χ2n) is 3.56. The van der Waals surface area contributed by atoms with E-state index in [1.165, 1.54) is 0 Å². The molecule has 0 amide bonds. The molecule has 0 saturated heterocycles. The van der Waals surface area contributed by atoms with E-state index in [4.69, 9.17) is 0 Å². The lowest BCUT2D eigenvalue weighted by atomic mass is 10.3. The molecule has 3 heteroatoms. The third kappa shape index (κ3) is 5.85. The molecule has 0 saturated carbocycles. The van der Waals surface area contributed by atoms with Crippen LogP contribution in [-0.2, 0) is 10.8 Å². The van der Waals surface area contributed by atoms with Gasteiger partial charge in [-0.2, -0.15) is 0 Å². The van der Waals surface area contributed by atoms with Gasteiger partial charge in [0.2, 0.25) is 0 Å². The molecule has 11 heavy (non-hydrogen) atoms. The lowest BCUT2D eigenvalue weighted by Gasteiger charge is -2.17. The first kappa shape index (κ1) is 11.6. The van der Waals surface area contributed by atoms with Crippen LogP contribution in [0.3, 0.4) is 0 Å². The molecule has 0 aliphatic heterocycles. The van der Waals surface area contributed by atoms with Crippen molar-refractivity contribution < 1.29 is 4.21 Å². The van der Waals surface area contributed by atoms with Crippen molar-refractivity contribution in [1.29, 1.82) is 0 Å². The Hall–Kier alpha value is 0.630. The van der Waals surface area contributed by atoms with Crippen LogP contribution in [-0.4, -0.2) is 20.0 Å². The van der Waals surface area contributed by atoms with Crippen LogP contribution in [0.4, 0.5) is 0 Å². The van der Waals surface area contributed by atoms with Crippen molar-refractivity contribution in [2.45, 2.75) is 38.4 Å². The van der Waals surface area contributed by atoms with Gasteiger partial charge in [0, 0.05) is 26.6 Å². The highest BCUT2D eigenvalue weighted by Gasteiger charge is 2.17. The Morgan fingerprint density at radius 2 is 1.82 bits per heavy atom. The fourth-order valence-corrected chi connectivity index (χ4v) is 2.11. The van der Waals surface area contributed by atoms with Gasteiger partial charge in [-0.15, -0.1) is 0 Å². The first-order valence-electron chi connectivity index (χ1n) is 3.93. The summed E-state index contributed by atoms with van der Waals surface area (Å²) in [5, 5.41) is 1.02. The van der Waals surface area contributed by atoms with Gasteiger partial charge in [-0.3, -0.25) is 4.21 Å². The molecule has 0 radical (unpaired) electrons. The smallest absolute Gasteiger partial charge is 0.0375 e. The zero-order chi connectivity index (χ0) is 8.91. The Morgan fingerprint density at radius 1 is 1.27 bits per heavy atom. The van der Waals surface area contributed by atoms with Crippen molar-refractivity contribution in [2.75, 3.05) is 11.1 Å². The fraction of sp³-hybridized carbons (Fsp3) is 1.00. The van der Waals surface area contributed by atoms with Crippen molar-refractivity contribution in [1.82, 2.24) is 0 Å². The molecule has 0 aliphatic rings. The molecule has 1 nitrogen and oxygen atoms in total. The molecular formula is C8H17BrOS. The molecule has 0 aliphatic carbocycles. The highest BCUT2D eigenvalue weighted by Crippen LogP contribution is 2.12. The van der Waals surface area contributed by atoms with E-state index < -0.39 is 10.8 Å². The summed E-state index contributed by atoms with van der Waals surface area (Å²) >= 11 is 3.35. The van der Waals surface area contributed by atoms with Crippen LogP contribution in [0.5, 0.6) is 0 Å². The Morgan fingerprint density at radius 3 is 2.18 bits per heavy atom. The van der Waals surface area contributed by atoms with Gasteiger partial charge < -0.3 is 0 Å². The number of hydrogen-bond acceptors (Lipinski definition) is 1. The molecule has 0 rings (SSSR count). The molecule has 0 fully saturated rings. The third-order valence-corrected chi connectivity index (χ3v) is 3.98. The van der Waals surface area contributed by atoms with Gasteiger partial charge in [0.05, 0.1) is 0 Å². The van der Waals surface area contributed by atoms with E-state index in [0.29, 0.717) is 0 Å². The van der Waals surface area contributed by atoms with Crippen LogP contribution in [0.1, 0.15) is 33.6 Å². The second-order valence-corrected chi connectivity index (χ2v) is 6.68. The summed E-state index contributed by atoms with van der Waals surface area (Å²) < 4.78 is 11.4. The molecule has 1 atom stereocenters. The molecule has 68 valence electrons. The zero-order valence-electron chi connectivity index (χ0n) is 7.52. The fourth-order valence-electron chi connectivity index (χ4n) is 0.634. The van der Waals surface area contributed by atoms with Gasteiger partial charge in [0.1, 0.15) is 0 Å². The van der Waals surface area contributed by atoms with E-state index in [2.05, 4.69) is 15.9 Å². The Bertz CT molecular complexity index is 129. The summed E-state index contributed by atoms with van der Waals surface area (Å²) in [7, 11) is -0.660. The largest absolute Gasteiger partial charge is 0.259 e. The molecule has 0 spiro atoms. The van der Waals surface area contributed by atoms with E-state index in [0.717, 1.165) is 23.9 Å². The van der Waals surface area contributed by atoms with Crippen LogP contribution in [0.25, 0.3) is 0 Å². The van der Waals surface area contributed by atoms with Gasteiger partial charge >= 0.3 is 0 Å². The van der Waals surface area contributed by atoms with E-state index in [9.17, 15) is 4.21 Å². The van der Waals surface area contributed by atoms with E-state index >= 15 is 0 Å². The second kappa shape index (κ2) is 5.31. The van der Waals surface area contributed by atoms with Crippen LogP contribution in [0.15, 0.2) is 0 Å². The van der Waals surface area contributed by atoms with Gasteiger partial charge in [-0.1, -0.05) is 15.9 Å². The predicted octanol–water partition coefficient (Wildman–Crippen LogP) is 2.71. The highest BCUT2D eigenvalue weighted by atomic mass is 79.9. The number of hydrogen-bond donors (Lipinski definition) is 0. The molecule has 0 aromatic rings. The quantitative estimate of drug-likeness (QED) is 0.546. The van der Waals surface area contributed by atoms with Crippen LogP contribution >= 0.6 is 15.9 Å². The summed E-state index contributed by atoms with van der Waals surface area (Å²) in [4.78, 5) is 0. The first-order valence-corrected chi connectivity index (χ1v) is 6.37. The van der Waals surface area contributed by atoms with Crippen LogP contribution < -0.4 is 0 Å². The average molecular weight is 241 g/mol. The minimum absolute atomic E-state index is 0.0354. The molecule has 0 aromatic heterocycles. The van der Waals surface area contributed by atoms with E-state index in [-0.39, 0.29) is 4.75 Å². The number of rotatable bonds is 4. The lowest BCUT2D eigenvalue weighted by Crippen LogP contribution is -2.23. The van der Waals surface area contributed by atoms with Crippen molar-refractivity contribution in [3.8, 4) is 0 Å². The zero-order valence-corrected chi connectivity index (χ0v) is 9.93. The maximum Gasteiger partial charge on any atom is 0.0375 e. The molecule has 1 unspecified atom stereocenters. The van der Waals surface area contributed by atoms with Crippen molar-refractivity contribution >= 4 is 26.7 Å². The summed E-state index contributed by atoms with van der Waals surface area (Å²) in [5.41, 5.74) is 0. The van der Waals surface area contributed by atoms with Crippen molar-refractivity contribution in [3.63, 3.8) is 0 Å². The van der Waals surface area contributed by atoms with Crippen molar-refractivity contribution in [2.24, 2.45) is 0 Å². The van der Waals surface area contributed by atoms with E-state index in [1.807, 2.05) is 20.8 Å². The topological polar surface area (TPSA) is 17.1 Å². The Balaban J connectivity index is 3.54. The van der Waals surface area contributed by atoms with Crippen LogP contribution in [0, 0.1) is 0 Å². The molecule has 0 aromatic carbocycles. The number of halogens is 1. The maximum absolute atomic E-state index is 11.4. The Kier molecular flexibility index (Phi) is 5.61. The van der Waals surface area contributed by atoms with Gasteiger partial charge in [-0.25, -0.2) is 0 Å². The molecular weight excluding hydrogens is 224 g/mol. The first-order chi connectivity index (χ1) is 4.98.